The van der Waals surface area contributed by atoms with E-state index < -0.39 is 10.0 Å². The third-order valence-electron chi connectivity index (χ3n) is 4.71. The van der Waals surface area contributed by atoms with Crippen molar-refractivity contribution in [2.45, 2.75) is 31.3 Å². The number of rotatable bonds is 3. The molecule has 0 amide bonds. The monoisotopic (exact) mass is 389 g/mol. The fourth-order valence-electron chi connectivity index (χ4n) is 3.43. The van der Waals surface area contributed by atoms with Crippen LogP contribution in [0.4, 0.5) is 0 Å². The molecular weight excluding hydrogens is 370 g/mol. The molecule has 27 heavy (non-hydrogen) atoms. The fraction of sp³-hybridized carbons (Fsp3) is 0.389. The van der Waals surface area contributed by atoms with Crippen LogP contribution in [0.5, 0.6) is 0 Å². The number of fused-ring (bicyclic) bond motifs is 1. The lowest BCUT2D eigenvalue weighted by Crippen LogP contribution is -2.42. The number of amidine groups is 1. The summed E-state index contributed by atoms with van der Waals surface area (Å²) in [6.07, 6.45) is 1.44. The largest absolute Gasteiger partial charge is 0.459 e. The number of ether oxygens (including phenoxy) is 1. The molecule has 0 unspecified atom stereocenters. The van der Waals surface area contributed by atoms with Gasteiger partial charge in [-0.3, -0.25) is 4.79 Å². The fourth-order valence-corrected chi connectivity index (χ4v) is 4.65. The first kappa shape index (κ1) is 17.7. The van der Waals surface area contributed by atoms with Gasteiger partial charge in [-0.1, -0.05) is 17.3 Å². The molecule has 8 nitrogen and oxygen atoms in total. The van der Waals surface area contributed by atoms with Crippen LogP contribution in [0.25, 0.3) is 0 Å². The van der Waals surface area contributed by atoms with Crippen molar-refractivity contribution >= 4 is 21.8 Å². The van der Waals surface area contributed by atoms with Crippen LogP contribution in [-0.2, 0) is 26.2 Å². The molecule has 0 aliphatic carbocycles. The number of aryl methyl sites for hydroxylation is 1. The highest BCUT2D eigenvalue weighted by atomic mass is 32.2. The van der Waals surface area contributed by atoms with Gasteiger partial charge in [0.15, 0.2) is 5.84 Å². The van der Waals surface area contributed by atoms with Crippen LogP contribution >= 0.6 is 0 Å². The number of aromatic nitrogens is 1. The zero-order valence-corrected chi connectivity index (χ0v) is 15.6. The van der Waals surface area contributed by atoms with Gasteiger partial charge in [0.25, 0.3) is 10.0 Å². The van der Waals surface area contributed by atoms with E-state index in [1.165, 1.54) is 0 Å². The van der Waals surface area contributed by atoms with Crippen LogP contribution in [0.2, 0.25) is 0 Å². The Bertz CT molecular complexity index is 1010. The number of benzene rings is 1. The number of esters is 1. The van der Waals surface area contributed by atoms with Crippen molar-refractivity contribution in [2.24, 2.45) is 10.3 Å². The first-order valence-electron chi connectivity index (χ1n) is 8.72. The summed E-state index contributed by atoms with van der Waals surface area (Å²) >= 11 is 0. The second-order valence-electron chi connectivity index (χ2n) is 6.71. The Morgan fingerprint density at radius 1 is 1.37 bits per heavy atom. The van der Waals surface area contributed by atoms with Crippen molar-refractivity contribution in [3.05, 3.63) is 47.3 Å². The van der Waals surface area contributed by atoms with Crippen LogP contribution in [0.15, 0.2) is 44.1 Å². The van der Waals surface area contributed by atoms with Gasteiger partial charge in [-0.05, 0) is 31.9 Å². The van der Waals surface area contributed by atoms with Crippen LogP contribution in [-0.4, -0.2) is 43.4 Å². The Labute approximate surface area is 156 Å². The molecule has 0 N–H and O–H groups in total. The number of hydrogen-bond acceptors (Lipinski definition) is 7. The summed E-state index contributed by atoms with van der Waals surface area (Å²) in [5, 5.41) is 3.80. The highest BCUT2D eigenvalue weighted by Gasteiger charge is 2.35. The lowest BCUT2D eigenvalue weighted by molar-refractivity contribution is -0.151. The predicted octanol–water partition coefficient (Wildman–Crippen LogP) is 1.89. The van der Waals surface area contributed by atoms with Crippen molar-refractivity contribution in [3.8, 4) is 0 Å². The maximum atomic E-state index is 12.4. The lowest BCUT2D eigenvalue weighted by atomic mass is 9.97. The van der Waals surface area contributed by atoms with Gasteiger partial charge in [0, 0.05) is 24.7 Å². The summed E-state index contributed by atoms with van der Waals surface area (Å²) in [6, 6.07) is 8.47. The van der Waals surface area contributed by atoms with Crippen molar-refractivity contribution in [1.29, 1.82) is 0 Å². The maximum absolute atomic E-state index is 12.4. The summed E-state index contributed by atoms with van der Waals surface area (Å²) < 4.78 is 38.8. The van der Waals surface area contributed by atoms with E-state index in [1.54, 1.807) is 37.3 Å². The molecule has 1 saturated heterocycles. The van der Waals surface area contributed by atoms with E-state index >= 15 is 0 Å². The van der Waals surface area contributed by atoms with Gasteiger partial charge >= 0.3 is 5.97 Å². The minimum atomic E-state index is -3.67. The Kier molecular flexibility index (Phi) is 4.47. The number of sulfonamides is 1. The van der Waals surface area contributed by atoms with Gasteiger partial charge < -0.3 is 14.2 Å². The number of piperidine rings is 1. The van der Waals surface area contributed by atoms with E-state index in [1.807, 2.05) is 4.90 Å². The first-order chi connectivity index (χ1) is 12.9. The average molecular weight is 389 g/mol. The van der Waals surface area contributed by atoms with Crippen LogP contribution < -0.4 is 0 Å². The molecule has 0 bridgehead atoms. The van der Waals surface area contributed by atoms with E-state index in [4.69, 9.17) is 9.26 Å². The van der Waals surface area contributed by atoms with E-state index in [0.29, 0.717) is 42.4 Å². The molecule has 1 atom stereocenters. The molecule has 142 valence electrons. The first-order valence-corrected chi connectivity index (χ1v) is 10.2. The summed E-state index contributed by atoms with van der Waals surface area (Å²) in [4.78, 5) is 14.5. The lowest BCUT2D eigenvalue weighted by Gasteiger charge is -2.32. The number of hydrogen-bond donors (Lipinski definition) is 0. The zero-order chi connectivity index (χ0) is 19.0. The van der Waals surface area contributed by atoms with E-state index in [2.05, 4.69) is 9.55 Å². The van der Waals surface area contributed by atoms with E-state index in [9.17, 15) is 13.2 Å². The highest BCUT2D eigenvalue weighted by Crippen LogP contribution is 2.30. The van der Waals surface area contributed by atoms with Gasteiger partial charge in [0.05, 0.1) is 5.92 Å². The summed E-state index contributed by atoms with van der Waals surface area (Å²) in [5.41, 5.74) is 1.15. The van der Waals surface area contributed by atoms with Crippen LogP contribution in [0.3, 0.4) is 0 Å². The SMILES string of the molecule is Cc1cc(COC(=O)[C@@H]2CCCN(C3=NS(=O)(=O)c4ccccc43)C2)no1. The molecule has 3 heterocycles. The van der Waals surface area contributed by atoms with Gasteiger partial charge in [0.2, 0.25) is 0 Å². The van der Waals surface area contributed by atoms with Gasteiger partial charge in [-0.2, -0.15) is 8.42 Å². The minimum Gasteiger partial charge on any atom is -0.459 e. The molecule has 2 aliphatic rings. The standard InChI is InChI=1S/C18H19N3O5S/c1-12-9-14(19-26-12)11-25-18(22)13-5-4-8-21(10-13)17-15-6-2-3-7-16(15)27(23,24)20-17/h2-3,6-7,9,13H,4-5,8,10-11H2,1H3/t13-/m1/s1. The molecular formula is C18H19N3O5S. The van der Waals surface area contributed by atoms with E-state index in [0.717, 1.165) is 6.42 Å². The molecule has 1 fully saturated rings. The molecule has 1 aromatic heterocycles. The molecule has 9 heteroatoms. The average Bonchev–Trinajstić information content (AvgIpc) is 3.21. The third kappa shape index (κ3) is 3.46. The Morgan fingerprint density at radius 2 is 2.19 bits per heavy atom. The second kappa shape index (κ2) is 6.80. The topological polar surface area (TPSA) is 102 Å². The van der Waals surface area contributed by atoms with Crippen molar-refractivity contribution in [3.63, 3.8) is 0 Å². The van der Waals surface area contributed by atoms with Crippen molar-refractivity contribution in [1.82, 2.24) is 10.1 Å². The van der Waals surface area contributed by atoms with E-state index in [-0.39, 0.29) is 23.4 Å². The number of nitrogens with zero attached hydrogens (tertiary/aromatic N) is 3. The molecule has 0 spiro atoms. The molecule has 2 aliphatic heterocycles. The summed E-state index contributed by atoms with van der Waals surface area (Å²) in [6.45, 7) is 2.85. The molecule has 4 rings (SSSR count). The zero-order valence-electron chi connectivity index (χ0n) is 14.8. The molecule has 2 aromatic rings. The Balaban J connectivity index is 1.46. The third-order valence-corrected chi connectivity index (χ3v) is 6.03. The predicted molar refractivity (Wildman–Crippen MR) is 95.5 cm³/mol. The molecule has 0 radical (unpaired) electrons. The highest BCUT2D eigenvalue weighted by molar-refractivity contribution is 7.90. The normalized spacial score (nSPS) is 20.9. The number of carbonyl (C=O) groups excluding carboxylic acids is 1. The number of likely N-dealkylation sites (tertiary alicyclic amines) is 1. The summed E-state index contributed by atoms with van der Waals surface area (Å²) in [7, 11) is -3.67. The van der Waals surface area contributed by atoms with Gasteiger partial charge in [0.1, 0.15) is 23.0 Å². The van der Waals surface area contributed by atoms with Crippen molar-refractivity contribution < 1.29 is 22.5 Å². The van der Waals surface area contributed by atoms with Gasteiger partial charge in [-0.15, -0.1) is 4.40 Å². The molecule has 0 saturated carbocycles. The quantitative estimate of drug-likeness (QED) is 0.739. The number of carbonyl (C=O) groups is 1. The minimum absolute atomic E-state index is 0.0603. The van der Waals surface area contributed by atoms with Crippen LogP contribution in [0.1, 0.15) is 29.9 Å². The maximum Gasteiger partial charge on any atom is 0.311 e. The Hall–Kier alpha value is -2.68. The summed E-state index contributed by atoms with van der Waals surface area (Å²) in [5.74, 6) is 0.402. The smallest absolute Gasteiger partial charge is 0.311 e. The van der Waals surface area contributed by atoms with Crippen molar-refractivity contribution in [2.75, 3.05) is 13.1 Å². The van der Waals surface area contributed by atoms with Crippen LogP contribution in [0, 0.1) is 12.8 Å². The molecule has 1 aromatic carbocycles. The van der Waals surface area contributed by atoms with Gasteiger partial charge in [-0.25, -0.2) is 0 Å². The second-order valence-corrected chi connectivity index (χ2v) is 8.28. The Morgan fingerprint density at radius 3 is 2.96 bits per heavy atom.